The molecule has 1 amide bonds. The lowest BCUT2D eigenvalue weighted by Crippen LogP contribution is -2.28. The van der Waals surface area contributed by atoms with Crippen LogP contribution in [0.4, 0.5) is 0 Å². The van der Waals surface area contributed by atoms with Crippen molar-refractivity contribution < 1.29 is 13.2 Å². The maximum absolute atomic E-state index is 12.5. The van der Waals surface area contributed by atoms with Gasteiger partial charge in [-0.2, -0.15) is 0 Å². The summed E-state index contributed by atoms with van der Waals surface area (Å²) in [4.78, 5) is 14.3. The molecule has 6 heteroatoms. The van der Waals surface area contributed by atoms with E-state index in [0.29, 0.717) is 23.5 Å². The molecule has 1 aromatic carbocycles. The van der Waals surface area contributed by atoms with Gasteiger partial charge in [0, 0.05) is 29.3 Å². The van der Waals surface area contributed by atoms with Crippen molar-refractivity contribution in [1.29, 1.82) is 0 Å². The molecule has 0 bridgehead atoms. The third-order valence-electron chi connectivity index (χ3n) is 4.11. The first-order valence-electron chi connectivity index (χ1n) is 7.23. The number of carbonyl (C=O) groups is 1. The Bertz CT molecular complexity index is 642. The van der Waals surface area contributed by atoms with E-state index in [-0.39, 0.29) is 10.8 Å². The number of rotatable bonds is 4. The predicted molar refractivity (Wildman–Crippen MR) is 83.2 cm³/mol. The summed E-state index contributed by atoms with van der Waals surface area (Å²) in [6, 6.07) is 4.77. The molecule has 1 aliphatic rings. The molecular weight excluding hydrogens is 310 g/mol. The molecule has 1 heterocycles. The van der Waals surface area contributed by atoms with Crippen molar-refractivity contribution in [2.45, 2.75) is 38.0 Å². The van der Waals surface area contributed by atoms with E-state index < -0.39 is 9.05 Å². The molecule has 1 aromatic rings. The Kier molecular flexibility index (Phi) is 4.94. The Labute approximate surface area is 130 Å². The molecule has 21 heavy (non-hydrogen) atoms. The van der Waals surface area contributed by atoms with Crippen molar-refractivity contribution in [2.75, 3.05) is 13.1 Å². The van der Waals surface area contributed by atoms with E-state index in [4.69, 9.17) is 10.7 Å². The normalized spacial score (nSPS) is 19.0. The van der Waals surface area contributed by atoms with Crippen molar-refractivity contribution in [3.8, 4) is 0 Å². The maximum atomic E-state index is 12.5. The topological polar surface area (TPSA) is 54.5 Å². The van der Waals surface area contributed by atoms with Gasteiger partial charge in [-0.05, 0) is 36.5 Å². The SMILES string of the molecule is CCc1ccc(C(=O)N2CCC(CC)C2)cc1S(=O)(=O)Cl. The zero-order valence-electron chi connectivity index (χ0n) is 12.3. The standard InChI is InChI=1S/C15H20ClNO3S/c1-3-11-7-8-17(10-11)15(18)13-6-5-12(4-2)14(9-13)21(16,19)20/h5-6,9,11H,3-4,7-8,10H2,1-2H3. The smallest absolute Gasteiger partial charge is 0.261 e. The van der Waals surface area contributed by atoms with Gasteiger partial charge in [-0.1, -0.05) is 26.3 Å². The van der Waals surface area contributed by atoms with Gasteiger partial charge >= 0.3 is 0 Å². The van der Waals surface area contributed by atoms with Crippen molar-refractivity contribution >= 4 is 25.6 Å². The Morgan fingerprint density at radius 1 is 1.38 bits per heavy atom. The number of aryl methyl sites for hydroxylation is 1. The minimum Gasteiger partial charge on any atom is -0.338 e. The number of likely N-dealkylation sites (tertiary alicyclic amines) is 1. The second-order valence-corrected chi connectivity index (χ2v) is 7.96. The van der Waals surface area contributed by atoms with Crippen molar-refractivity contribution in [2.24, 2.45) is 5.92 Å². The molecule has 1 atom stereocenters. The third-order valence-corrected chi connectivity index (χ3v) is 5.51. The average molecular weight is 330 g/mol. The van der Waals surface area contributed by atoms with Gasteiger partial charge in [0.25, 0.3) is 15.0 Å². The van der Waals surface area contributed by atoms with Crippen LogP contribution in [0.2, 0.25) is 0 Å². The van der Waals surface area contributed by atoms with Gasteiger partial charge in [0.15, 0.2) is 0 Å². The molecular formula is C15H20ClNO3S. The van der Waals surface area contributed by atoms with Gasteiger partial charge in [0.05, 0.1) is 4.90 Å². The third kappa shape index (κ3) is 3.58. The lowest BCUT2D eigenvalue weighted by Gasteiger charge is -2.17. The van der Waals surface area contributed by atoms with Gasteiger partial charge in [0.2, 0.25) is 0 Å². The lowest BCUT2D eigenvalue weighted by molar-refractivity contribution is 0.0786. The molecule has 0 radical (unpaired) electrons. The van der Waals surface area contributed by atoms with Crippen LogP contribution < -0.4 is 0 Å². The molecule has 0 aliphatic carbocycles. The van der Waals surface area contributed by atoms with Gasteiger partial charge in [0.1, 0.15) is 0 Å². The summed E-state index contributed by atoms with van der Waals surface area (Å²) < 4.78 is 23.3. The Hall–Kier alpha value is -1.07. The molecule has 1 unspecified atom stereocenters. The van der Waals surface area contributed by atoms with Crippen LogP contribution in [-0.2, 0) is 15.5 Å². The van der Waals surface area contributed by atoms with Crippen LogP contribution in [0.25, 0.3) is 0 Å². The summed E-state index contributed by atoms with van der Waals surface area (Å²) in [6.07, 6.45) is 2.62. The molecule has 1 aliphatic heterocycles. The number of nitrogens with zero attached hydrogens (tertiary/aromatic N) is 1. The second kappa shape index (κ2) is 6.36. The number of hydrogen-bond acceptors (Lipinski definition) is 3. The van der Waals surface area contributed by atoms with E-state index in [1.54, 1.807) is 17.0 Å². The van der Waals surface area contributed by atoms with Crippen LogP contribution in [0.5, 0.6) is 0 Å². The summed E-state index contributed by atoms with van der Waals surface area (Å²) in [7, 11) is 1.63. The number of carbonyl (C=O) groups excluding carboxylic acids is 1. The first-order valence-corrected chi connectivity index (χ1v) is 9.54. The number of benzene rings is 1. The largest absolute Gasteiger partial charge is 0.338 e. The first kappa shape index (κ1) is 16.3. The van der Waals surface area contributed by atoms with E-state index in [2.05, 4.69) is 6.92 Å². The van der Waals surface area contributed by atoms with E-state index >= 15 is 0 Å². The number of halogens is 1. The van der Waals surface area contributed by atoms with Crippen LogP contribution in [0.1, 0.15) is 42.6 Å². The molecule has 4 nitrogen and oxygen atoms in total. The molecule has 1 fully saturated rings. The van der Waals surface area contributed by atoms with Gasteiger partial charge in [-0.15, -0.1) is 0 Å². The molecule has 0 N–H and O–H groups in total. The fourth-order valence-electron chi connectivity index (χ4n) is 2.74. The molecule has 0 aromatic heterocycles. The number of hydrogen-bond donors (Lipinski definition) is 0. The van der Waals surface area contributed by atoms with Gasteiger partial charge < -0.3 is 4.90 Å². The summed E-state index contributed by atoms with van der Waals surface area (Å²) in [5.74, 6) is 0.426. The summed E-state index contributed by atoms with van der Waals surface area (Å²) in [6.45, 7) is 5.45. The van der Waals surface area contributed by atoms with Crippen LogP contribution >= 0.6 is 10.7 Å². The van der Waals surface area contributed by atoms with E-state index in [9.17, 15) is 13.2 Å². The summed E-state index contributed by atoms with van der Waals surface area (Å²) >= 11 is 0. The van der Waals surface area contributed by atoms with Crippen molar-refractivity contribution in [1.82, 2.24) is 4.90 Å². The average Bonchev–Trinajstić information content (AvgIpc) is 2.93. The van der Waals surface area contributed by atoms with Crippen LogP contribution in [0.15, 0.2) is 23.1 Å². The highest BCUT2D eigenvalue weighted by Gasteiger charge is 2.27. The molecule has 116 valence electrons. The quantitative estimate of drug-likeness (QED) is 0.798. The van der Waals surface area contributed by atoms with Crippen LogP contribution in [0, 0.1) is 5.92 Å². The summed E-state index contributed by atoms with van der Waals surface area (Å²) in [5, 5.41) is 0. The molecule has 2 rings (SSSR count). The van der Waals surface area contributed by atoms with Crippen molar-refractivity contribution in [3.63, 3.8) is 0 Å². The minimum atomic E-state index is -3.84. The summed E-state index contributed by atoms with van der Waals surface area (Å²) in [5.41, 5.74) is 1.03. The van der Waals surface area contributed by atoms with E-state index in [0.717, 1.165) is 25.9 Å². The van der Waals surface area contributed by atoms with E-state index in [1.807, 2.05) is 6.92 Å². The molecule has 0 spiro atoms. The Morgan fingerprint density at radius 2 is 2.10 bits per heavy atom. The molecule has 1 saturated heterocycles. The first-order chi connectivity index (χ1) is 9.86. The number of amides is 1. The monoisotopic (exact) mass is 329 g/mol. The van der Waals surface area contributed by atoms with Crippen LogP contribution in [-0.4, -0.2) is 32.3 Å². The van der Waals surface area contributed by atoms with Crippen molar-refractivity contribution in [3.05, 3.63) is 29.3 Å². The Morgan fingerprint density at radius 3 is 2.62 bits per heavy atom. The Balaban J connectivity index is 2.31. The fourth-order valence-corrected chi connectivity index (χ4v) is 3.96. The van der Waals surface area contributed by atoms with Gasteiger partial charge in [-0.25, -0.2) is 8.42 Å². The second-order valence-electron chi connectivity index (χ2n) is 5.43. The van der Waals surface area contributed by atoms with E-state index in [1.165, 1.54) is 6.07 Å². The fraction of sp³-hybridized carbons (Fsp3) is 0.533. The maximum Gasteiger partial charge on any atom is 0.261 e. The lowest BCUT2D eigenvalue weighted by atomic mass is 10.1. The highest BCUT2D eigenvalue weighted by Crippen LogP contribution is 2.25. The van der Waals surface area contributed by atoms with Gasteiger partial charge in [-0.3, -0.25) is 4.79 Å². The highest BCUT2D eigenvalue weighted by molar-refractivity contribution is 8.13. The zero-order valence-corrected chi connectivity index (χ0v) is 13.9. The predicted octanol–water partition coefficient (Wildman–Crippen LogP) is 3.05. The van der Waals surface area contributed by atoms with Crippen LogP contribution in [0.3, 0.4) is 0 Å². The minimum absolute atomic E-state index is 0.0451. The molecule has 0 saturated carbocycles. The zero-order chi connectivity index (χ0) is 15.6. The highest BCUT2D eigenvalue weighted by atomic mass is 35.7.